The van der Waals surface area contributed by atoms with E-state index in [0.29, 0.717) is 0 Å². The van der Waals surface area contributed by atoms with Gasteiger partial charge in [-0.1, -0.05) is 0 Å². The van der Waals surface area contributed by atoms with Crippen LogP contribution < -0.4 is 19.3 Å². The number of benzene rings is 2. The van der Waals surface area contributed by atoms with Crippen LogP contribution in [0.4, 0.5) is 11.4 Å². The predicted octanol–water partition coefficient (Wildman–Crippen LogP) is 4.15. The number of methoxy groups -OCH3 is 1. The second-order valence-corrected chi connectivity index (χ2v) is 8.24. The lowest BCUT2D eigenvalue weighted by atomic mass is 9.94. The molecule has 0 spiro atoms. The molecule has 1 fully saturated rings. The zero-order chi connectivity index (χ0) is 19.2. The van der Waals surface area contributed by atoms with Crippen LogP contribution in [0.5, 0.6) is 11.5 Å². The number of nitrogens with zero attached hydrogens (tertiary/aromatic N) is 2. The Morgan fingerprint density at radius 1 is 1.00 bits per heavy atom. The van der Waals surface area contributed by atoms with Crippen LogP contribution in [-0.4, -0.2) is 38.9 Å². The van der Waals surface area contributed by atoms with Gasteiger partial charge in [-0.2, -0.15) is 0 Å². The fourth-order valence-electron chi connectivity index (χ4n) is 4.39. The summed E-state index contributed by atoms with van der Waals surface area (Å²) >= 11 is 0. The third-order valence-electron chi connectivity index (χ3n) is 5.75. The number of anilines is 2. The van der Waals surface area contributed by atoms with Crippen LogP contribution in [-0.2, 0) is 6.42 Å². The van der Waals surface area contributed by atoms with Crippen LogP contribution in [0.1, 0.15) is 30.5 Å². The van der Waals surface area contributed by atoms with Crippen LogP contribution in [0.15, 0.2) is 24.3 Å². The highest BCUT2D eigenvalue weighted by molar-refractivity contribution is 5.66. The fraction of sp³-hybridized carbons (Fsp3) is 0.478. The molecule has 2 aliphatic heterocycles. The first-order valence-electron chi connectivity index (χ1n) is 9.76. The lowest BCUT2D eigenvalue weighted by Gasteiger charge is -2.39. The molecule has 0 aromatic heterocycles. The second kappa shape index (κ2) is 6.66. The number of rotatable bonds is 3. The van der Waals surface area contributed by atoms with Crippen LogP contribution in [0.3, 0.4) is 0 Å². The number of hydrogen-bond donors (Lipinski definition) is 0. The van der Waals surface area contributed by atoms with Gasteiger partial charge in [0.25, 0.3) is 0 Å². The number of ether oxygens (including phenoxy) is 2. The molecular weight excluding hydrogens is 336 g/mol. The highest BCUT2D eigenvalue weighted by atomic mass is 16.5. The predicted molar refractivity (Wildman–Crippen MR) is 111 cm³/mol. The Morgan fingerprint density at radius 3 is 2.26 bits per heavy atom. The van der Waals surface area contributed by atoms with Gasteiger partial charge in [-0.15, -0.1) is 0 Å². The molecule has 2 aromatic rings. The van der Waals surface area contributed by atoms with E-state index in [1.165, 1.54) is 28.1 Å². The second-order valence-electron chi connectivity index (χ2n) is 8.24. The van der Waals surface area contributed by atoms with Crippen molar-refractivity contribution in [2.24, 2.45) is 0 Å². The minimum absolute atomic E-state index is 0.123. The normalized spacial score (nSPS) is 18.3. The van der Waals surface area contributed by atoms with Gasteiger partial charge >= 0.3 is 0 Å². The molecule has 0 N–H and O–H groups in total. The van der Waals surface area contributed by atoms with Crippen molar-refractivity contribution in [3.63, 3.8) is 0 Å². The van der Waals surface area contributed by atoms with E-state index in [-0.39, 0.29) is 5.60 Å². The van der Waals surface area contributed by atoms with Crippen molar-refractivity contribution in [3.8, 4) is 11.5 Å². The molecule has 2 aliphatic rings. The van der Waals surface area contributed by atoms with Crippen molar-refractivity contribution >= 4 is 11.4 Å². The van der Waals surface area contributed by atoms with Crippen molar-refractivity contribution in [2.45, 2.75) is 39.7 Å². The summed E-state index contributed by atoms with van der Waals surface area (Å²) in [6.45, 7) is 12.8. The minimum atomic E-state index is -0.123. The molecule has 1 saturated heterocycles. The highest BCUT2D eigenvalue weighted by Crippen LogP contribution is 2.42. The van der Waals surface area contributed by atoms with Gasteiger partial charge in [-0.25, -0.2) is 0 Å². The Morgan fingerprint density at radius 2 is 1.63 bits per heavy atom. The van der Waals surface area contributed by atoms with E-state index < -0.39 is 0 Å². The Balaban J connectivity index is 1.52. The molecular formula is C23H29N2O2. The molecule has 143 valence electrons. The van der Waals surface area contributed by atoms with Gasteiger partial charge in [0.2, 0.25) is 0 Å². The van der Waals surface area contributed by atoms with Gasteiger partial charge in [0, 0.05) is 55.6 Å². The molecule has 0 aliphatic carbocycles. The average Bonchev–Trinajstić information content (AvgIpc) is 2.97. The maximum absolute atomic E-state index is 6.10. The molecule has 4 rings (SSSR count). The smallest absolute Gasteiger partial charge is 0.132 e. The SMILES string of the molecule is COc1ccc(N2CCN(c3c(C)[c]c4c(c3C)CC(C)(C)O4)CC2)cc1. The summed E-state index contributed by atoms with van der Waals surface area (Å²) < 4.78 is 11.4. The third kappa shape index (κ3) is 3.33. The summed E-state index contributed by atoms with van der Waals surface area (Å²) in [5, 5.41) is 0. The standard InChI is InChI=1S/C23H29N2O2/c1-16-14-21-20(15-23(3,4)27-21)17(2)22(16)25-12-10-24(11-13-25)18-6-8-19(26-5)9-7-18/h6-9H,10-13,15H2,1-5H3. The van der Waals surface area contributed by atoms with Crippen molar-refractivity contribution in [1.82, 2.24) is 0 Å². The monoisotopic (exact) mass is 365 g/mol. The van der Waals surface area contributed by atoms with Crippen LogP contribution in [0, 0.1) is 19.9 Å². The molecule has 0 unspecified atom stereocenters. The Kier molecular flexibility index (Phi) is 4.45. The summed E-state index contributed by atoms with van der Waals surface area (Å²) in [7, 11) is 1.71. The number of fused-ring (bicyclic) bond motifs is 1. The van der Waals surface area contributed by atoms with Crippen molar-refractivity contribution < 1.29 is 9.47 Å². The van der Waals surface area contributed by atoms with Crippen molar-refractivity contribution in [1.29, 1.82) is 0 Å². The van der Waals surface area contributed by atoms with E-state index in [2.05, 4.69) is 55.7 Å². The summed E-state index contributed by atoms with van der Waals surface area (Å²) in [5.74, 6) is 1.86. The topological polar surface area (TPSA) is 24.9 Å². The maximum atomic E-state index is 6.10. The zero-order valence-electron chi connectivity index (χ0n) is 17.1. The Hall–Kier alpha value is -2.36. The molecule has 4 heteroatoms. The van der Waals surface area contributed by atoms with Crippen molar-refractivity contribution in [2.75, 3.05) is 43.1 Å². The number of hydrogen-bond acceptors (Lipinski definition) is 4. The summed E-state index contributed by atoms with van der Waals surface area (Å²) in [5.41, 5.74) is 6.38. The van der Waals surface area contributed by atoms with E-state index in [1.54, 1.807) is 7.11 Å². The molecule has 0 amide bonds. The largest absolute Gasteiger partial charge is 0.497 e. The van der Waals surface area contributed by atoms with Gasteiger partial charge in [0.05, 0.1) is 7.11 Å². The van der Waals surface area contributed by atoms with E-state index in [1.807, 2.05) is 12.1 Å². The van der Waals surface area contributed by atoms with E-state index in [4.69, 9.17) is 9.47 Å². The zero-order valence-corrected chi connectivity index (χ0v) is 17.1. The highest BCUT2D eigenvalue weighted by Gasteiger charge is 2.34. The average molecular weight is 365 g/mol. The van der Waals surface area contributed by atoms with Gasteiger partial charge in [0.1, 0.15) is 17.1 Å². The summed E-state index contributed by atoms with van der Waals surface area (Å²) in [4.78, 5) is 4.97. The van der Waals surface area contributed by atoms with Gasteiger partial charge in [-0.3, -0.25) is 0 Å². The molecule has 4 nitrogen and oxygen atoms in total. The lowest BCUT2D eigenvalue weighted by molar-refractivity contribution is 0.138. The van der Waals surface area contributed by atoms with Crippen LogP contribution >= 0.6 is 0 Å². The molecule has 2 heterocycles. The first-order chi connectivity index (χ1) is 12.9. The molecule has 2 aromatic carbocycles. The Bertz CT molecular complexity index is 834. The fourth-order valence-corrected chi connectivity index (χ4v) is 4.39. The van der Waals surface area contributed by atoms with Gasteiger partial charge in [0.15, 0.2) is 0 Å². The first-order valence-corrected chi connectivity index (χ1v) is 9.76. The van der Waals surface area contributed by atoms with Gasteiger partial charge < -0.3 is 19.3 Å². The van der Waals surface area contributed by atoms with E-state index >= 15 is 0 Å². The lowest BCUT2D eigenvalue weighted by Crippen LogP contribution is -2.47. The van der Waals surface area contributed by atoms with Gasteiger partial charge in [-0.05, 0) is 63.1 Å². The maximum Gasteiger partial charge on any atom is 0.132 e. The Labute approximate surface area is 162 Å². The molecule has 0 atom stereocenters. The van der Waals surface area contributed by atoms with Crippen molar-refractivity contribution in [3.05, 3.63) is 47.0 Å². The third-order valence-corrected chi connectivity index (χ3v) is 5.75. The van der Waals surface area contributed by atoms with E-state index in [9.17, 15) is 0 Å². The molecule has 27 heavy (non-hydrogen) atoms. The molecule has 0 saturated carbocycles. The minimum Gasteiger partial charge on any atom is -0.497 e. The van der Waals surface area contributed by atoms with Crippen LogP contribution in [0.25, 0.3) is 0 Å². The van der Waals surface area contributed by atoms with E-state index in [0.717, 1.165) is 44.1 Å². The quantitative estimate of drug-likeness (QED) is 0.816. The molecule has 0 bridgehead atoms. The number of piperazine rings is 1. The summed E-state index contributed by atoms with van der Waals surface area (Å²) in [6, 6.07) is 11.9. The summed E-state index contributed by atoms with van der Waals surface area (Å²) in [6.07, 6.45) is 0.962. The molecule has 1 radical (unpaired) electrons. The first kappa shape index (κ1) is 18.0. The number of aryl methyl sites for hydroxylation is 1. The van der Waals surface area contributed by atoms with Crippen LogP contribution in [0.2, 0.25) is 0 Å².